The van der Waals surface area contributed by atoms with Crippen molar-refractivity contribution in [1.82, 2.24) is 4.98 Å². The average molecular weight is 384 g/mol. The normalized spacial score (nSPS) is 10.1. The highest BCUT2D eigenvalue weighted by Gasteiger charge is 2.21. The second kappa shape index (κ2) is 8.39. The molecule has 0 radical (unpaired) electrons. The molecule has 1 heterocycles. The van der Waals surface area contributed by atoms with Gasteiger partial charge in [-0.05, 0) is 12.5 Å². The number of nitrogens with two attached hydrogens (primary N) is 1. The zero-order valence-corrected chi connectivity index (χ0v) is 16.0. The number of rotatable bonds is 5. The van der Waals surface area contributed by atoms with Gasteiger partial charge in [0.05, 0.1) is 11.3 Å². The first-order valence-corrected chi connectivity index (χ1v) is 9.45. The van der Waals surface area contributed by atoms with E-state index < -0.39 is 0 Å². The number of carbonyl (C=O) groups excluding carboxylic acids is 1. The fourth-order valence-corrected chi connectivity index (χ4v) is 3.64. The monoisotopic (exact) mass is 384 g/mol. The van der Waals surface area contributed by atoms with Crippen LogP contribution < -0.4 is 5.73 Å². The molecular weight excluding hydrogens is 368 g/mol. The lowest BCUT2D eigenvalue weighted by Gasteiger charge is -2.12. The van der Waals surface area contributed by atoms with Crippen LogP contribution in [0.1, 0.15) is 27.0 Å². The maximum absolute atomic E-state index is 12.5. The van der Waals surface area contributed by atoms with Crippen LogP contribution in [0.25, 0.3) is 11.1 Å². The lowest BCUT2D eigenvalue weighted by molar-refractivity contribution is 0.102. The zero-order valence-electron chi connectivity index (χ0n) is 15.1. The Labute approximate surface area is 167 Å². The van der Waals surface area contributed by atoms with Crippen LogP contribution in [0.3, 0.4) is 0 Å². The second-order valence-corrected chi connectivity index (χ2v) is 7.06. The number of anilines is 1. The molecule has 0 aliphatic heterocycles. The zero-order chi connectivity index (χ0) is 20.1. The van der Waals surface area contributed by atoms with Gasteiger partial charge in [-0.1, -0.05) is 71.9 Å². The fourth-order valence-electron chi connectivity index (χ4n) is 2.75. The number of carbonyl (C=O) groups is 1. The largest absolute Gasteiger partial charge is 0.383 e. The van der Waals surface area contributed by atoms with E-state index in [1.165, 1.54) is 0 Å². The Morgan fingerprint density at radius 3 is 2.29 bits per heavy atom. The predicted molar refractivity (Wildman–Crippen MR) is 110 cm³/mol. The fraction of sp³-hybridized carbons (Fsp3) is 0.0909. The third kappa shape index (κ3) is 3.88. The molecule has 0 saturated carbocycles. The number of nitriles is 2. The molecule has 5 nitrogen and oxygen atoms in total. The van der Waals surface area contributed by atoms with Crippen LogP contribution in [-0.2, 0) is 0 Å². The SMILES string of the molecule is Cc1ccc(C(=O)CSc2nc(N)c(C#N)c(-c3ccccc3)c2C#N)cc1. The van der Waals surface area contributed by atoms with Gasteiger partial charge < -0.3 is 5.73 Å². The Morgan fingerprint density at radius 2 is 1.68 bits per heavy atom. The summed E-state index contributed by atoms with van der Waals surface area (Å²) in [5.74, 6) is 0.0927. The number of thioether (sulfide) groups is 1. The standard InChI is InChI=1S/C22H16N4OS/c1-14-7-9-15(10-8-14)19(27)13-28-22-18(12-24)20(16-5-3-2-4-6-16)17(11-23)21(25)26-22/h2-10H,13H2,1H3,(H2,25,26). The smallest absolute Gasteiger partial charge is 0.173 e. The maximum Gasteiger partial charge on any atom is 0.173 e. The summed E-state index contributed by atoms with van der Waals surface area (Å²) in [6.07, 6.45) is 0. The summed E-state index contributed by atoms with van der Waals surface area (Å²) in [6, 6.07) is 20.6. The molecule has 2 aromatic carbocycles. The molecule has 0 bridgehead atoms. The second-order valence-electron chi connectivity index (χ2n) is 6.09. The number of nitrogen functional groups attached to an aromatic ring is 1. The molecule has 2 N–H and O–H groups in total. The van der Waals surface area contributed by atoms with E-state index in [9.17, 15) is 15.3 Å². The minimum atomic E-state index is -0.0696. The van der Waals surface area contributed by atoms with Gasteiger partial charge in [0, 0.05) is 11.1 Å². The molecule has 0 spiro atoms. The van der Waals surface area contributed by atoms with E-state index in [4.69, 9.17) is 5.73 Å². The Hall–Kier alpha value is -3.61. The number of aryl methyl sites for hydroxylation is 1. The summed E-state index contributed by atoms with van der Waals surface area (Å²) < 4.78 is 0. The molecule has 136 valence electrons. The predicted octanol–water partition coefficient (Wildman–Crippen LogP) is 4.36. The van der Waals surface area contributed by atoms with Crippen molar-refractivity contribution in [1.29, 1.82) is 10.5 Å². The van der Waals surface area contributed by atoms with Crippen LogP contribution in [0.15, 0.2) is 59.6 Å². The van der Waals surface area contributed by atoms with E-state index in [2.05, 4.69) is 11.1 Å². The van der Waals surface area contributed by atoms with Gasteiger partial charge in [-0.15, -0.1) is 0 Å². The van der Waals surface area contributed by atoms with Gasteiger partial charge in [0.15, 0.2) is 5.78 Å². The van der Waals surface area contributed by atoms with Crippen LogP contribution in [0.5, 0.6) is 0 Å². The van der Waals surface area contributed by atoms with Crippen molar-refractivity contribution in [3.63, 3.8) is 0 Å². The molecule has 0 aliphatic carbocycles. The molecule has 0 amide bonds. The number of ketones is 1. The third-order valence-corrected chi connectivity index (χ3v) is 5.17. The number of aromatic nitrogens is 1. The van der Waals surface area contributed by atoms with Crippen molar-refractivity contribution >= 4 is 23.4 Å². The Morgan fingerprint density at radius 1 is 1.04 bits per heavy atom. The topological polar surface area (TPSA) is 104 Å². The lowest BCUT2D eigenvalue weighted by atomic mass is 9.97. The van der Waals surface area contributed by atoms with Crippen molar-refractivity contribution in [3.8, 4) is 23.3 Å². The highest BCUT2D eigenvalue weighted by molar-refractivity contribution is 8.00. The van der Waals surface area contributed by atoms with Gasteiger partial charge in [0.2, 0.25) is 0 Å². The Balaban J connectivity index is 1.99. The molecule has 28 heavy (non-hydrogen) atoms. The first-order chi connectivity index (χ1) is 13.5. The molecule has 0 atom stereocenters. The summed E-state index contributed by atoms with van der Waals surface area (Å²) in [5.41, 5.74) is 9.22. The van der Waals surface area contributed by atoms with Crippen molar-refractivity contribution in [2.45, 2.75) is 11.9 Å². The number of Topliss-reactive ketones (excluding diaryl/α,β-unsaturated/α-hetero) is 1. The van der Waals surface area contributed by atoms with Crippen LogP contribution in [0, 0.1) is 29.6 Å². The van der Waals surface area contributed by atoms with Crippen LogP contribution in [0.4, 0.5) is 5.82 Å². The van der Waals surface area contributed by atoms with Crippen molar-refractivity contribution in [2.24, 2.45) is 0 Å². The molecule has 1 aromatic heterocycles. The summed E-state index contributed by atoms with van der Waals surface area (Å²) >= 11 is 1.15. The lowest BCUT2D eigenvalue weighted by Crippen LogP contribution is -2.06. The van der Waals surface area contributed by atoms with E-state index in [1.54, 1.807) is 12.1 Å². The van der Waals surface area contributed by atoms with Gasteiger partial charge in [-0.3, -0.25) is 4.79 Å². The van der Waals surface area contributed by atoms with Gasteiger partial charge in [0.25, 0.3) is 0 Å². The number of hydrogen-bond acceptors (Lipinski definition) is 6. The number of nitrogens with zero attached hydrogens (tertiary/aromatic N) is 3. The van der Waals surface area contributed by atoms with Crippen LogP contribution >= 0.6 is 11.8 Å². The summed E-state index contributed by atoms with van der Waals surface area (Å²) in [6.45, 7) is 1.96. The van der Waals surface area contributed by atoms with Crippen molar-refractivity contribution < 1.29 is 4.79 Å². The Bertz CT molecular complexity index is 1110. The van der Waals surface area contributed by atoms with E-state index in [0.29, 0.717) is 21.7 Å². The number of pyridine rings is 1. The van der Waals surface area contributed by atoms with Crippen LogP contribution in [0.2, 0.25) is 0 Å². The van der Waals surface area contributed by atoms with Gasteiger partial charge in [-0.25, -0.2) is 4.98 Å². The third-order valence-electron chi connectivity index (χ3n) is 4.19. The van der Waals surface area contributed by atoms with Crippen LogP contribution in [-0.4, -0.2) is 16.5 Å². The molecular formula is C22H16N4OS. The van der Waals surface area contributed by atoms with Gasteiger partial charge in [0.1, 0.15) is 28.5 Å². The highest BCUT2D eigenvalue weighted by atomic mass is 32.2. The number of hydrogen-bond donors (Lipinski definition) is 1. The molecule has 0 saturated heterocycles. The molecule has 0 aliphatic rings. The van der Waals surface area contributed by atoms with Crippen molar-refractivity contribution in [2.75, 3.05) is 11.5 Å². The van der Waals surface area contributed by atoms with Gasteiger partial charge in [-0.2, -0.15) is 10.5 Å². The Kier molecular flexibility index (Phi) is 5.74. The van der Waals surface area contributed by atoms with E-state index >= 15 is 0 Å². The maximum atomic E-state index is 12.5. The summed E-state index contributed by atoms with van der Waals surface area (Å²) in [7, 11) is 0. The summed E-state index contributed by atoms with van der Waals surface area (Å²) in [5, 5.41) is 19.6. The molecule has 3 aromatic rings. The first kappa shape index (κ1) is 19.2. The first-order valence-electron chi connectivity index (χ1n) is 8.47. The molecule has 0 unspecified atom stereocenters. The average Bonchev–Trinajstić information content (AvgIpc) is 2.72. The van der Waals surface area contributed by atoms with Crippen molar-refractivity contribution in [3.05, 3.63) is 76.9 Å². The van der Waals surface area contributed by atoms with E-state index in [1.807, 2.05) is 55.5 Å². The molecule has 0 fully saturated rings. The summed E-state index contributed by atoms with van der Waals surface area (Å²) in [4.78, 5) is 16.7. The minimum absolute atomic E-state index is 0.0469. The highest BCUT2D eigenvalue weighted by Crippen LogP contribution is 2.35. The quantitative estimate of drug-likeness (QED) is 0.518. The van der Waals surface area contributed by atoms with E-state index in [0.717, 1.165) is 17.3 Å². The van der Waals surface area contributed by atoms with Gasteiger partial charge >= 0.3 is 0 Å². The number of benzene rings is 2. The molecule has 3 rings (SSSR count). The van der Waals surface area contributed by atoms with E-state index in [-0.39, 0.29) is 28.5 Å². The molecule has 6 heteroatoms. The minimum Gasteiger partial charge on any atom is -0.383 e.